The summed E-state index contributed by atoms with van der Waals surface area (Å²) in [6, 6.07) is 8.91. The van der Waals surface area contributed by atoms with E-state index >= 15 is 0 Å². The molecule has 41 heavy (non-hydrogen) atoms. The van der Waals surface area contributed by atoms with Crippen molar-refractivity contribution in [3.05, 3.63) is 64.0 Å². The van der Waals surface area contributed by atoms with E-state index in [-0.39, 0.29) is 29.8 Å². The summed E-state index contributed by atoms with van der Waals surface area (Å²) in [7, 11) is 0. The van der Waals surface area contributed by atoms with Crippen molar-refractivity contribution in [1.29, 1.82) is 0 Å². The maximum atomic E-state index is 13.7. The molecule has 2 saturated carbocycles. The maximum Gasteiger partial charge on any atom is 0.264 e. The number of hydrogen-bond acceptors (Lipinski definition) is 7. The van der Waals surface area contributed by atoms with Crippen LogP contribution in [0.3, 0.4) is 0 Å². The number of carbonyl (C=O) groups excluding carboxylic acids is 2. The summed E-state index contributed by atoms with van der Waals surface area (Å²) >= 11 is 0. The Bertz CT molecular complexity index is 1500. The van der Waals surface area contributed by atoms with Gasteiger partial charge in [-0.15, -0.1) is 0 Å². The van der Waals surface area contributed by atoms with E-state index in [1.54, 1.807) is 13.0 Å². The van der Waals surface area contributed by atoms with Gasteiger partial charge in [-0.3, -0.25) is 29.3 Å². The molecule has 9 heteroatoms. The van der Waals surface area contributed by atoms with Crippen LogP contribution in [-0.2, 0) is 22.7 Å². The number of amides is 2. The number of hydrogen-bond donors (Lipinski definition) is 3. The quantitative estimate of drug-likeness (QED) is 0.349. The summed E-state index contributed by atoms with van der Waals surface area (Å²) in [4.78, 5) is 47.2. The first-order valence-corrected chi connectivity index (χ1v) is 15.1. The minimum Gasteiger partial charge on any atom is -0.379 e. The van der Waals surface area contributed by atoms with Gasteiger partial charge in [0.05, 0.1) is 23.1 Å². The SMILES string of the molecule is CCC1(NCc2ccc(CNc3cccc4nc(C)n(C5CCC(=O)NC5=O)c(=O)c34)nc2)CC2CCCC(C2)C1. The van der Waals surface area contributed by atoms with Gasteiger partial charge in [0.25, 0.3) is 5.56 Å². The number of nitrogens with one attached hydrogen (secondary N) is 3. The molecule has 3 atom stereocenters. The summed E-state index contributed by atoms with van der Waals surface area (Å²) in [6.07, 6.45) is 11.8. The smallest absolute Gasteiger partial charge is 0.264 e. The predicted molar refractivity (Wildman–Crippen MR) is 158 cm³/mol. The second kappa shape index (κ2) is 11.4. The van der Waals surface area contributed by atoms with Gasteiger partial charge < -0.3 is 10.6 Å². The number of benzene rings is 1. The van der Waals surface area contributed by atoms with Gasteiger partial charge in [0.1, 0.15) is 11.9 Å². The summed E-state index contributed by atoms with van der Waals surface area (Å²) < 4.78 is 1.41. The van der Waals surface area contributed by atoms with Gasteiger partial charge >= 0.3 is 0 Å². The van der Waals surface area contributed by atoms with E-state index in [1.165, 1.54) is 55.1 Å². The van der Waals surface area contributed by atoms with Crippen LogP contribution in [0, 0.1) is 18.8 Å². The fourth-order valence-corrected chi connectivity index (χ4v) is 7.46. The lowest BCUT2D eigenvalue weighted by Gasteiger charge is -2.47. The number of aromatic nitrogens is 3. The Kier molecular flexibility index (Phi) is 7.64. The molecule has 0 radical (unpaired) electrons. The monoisotopic (exact) mass is 556 g/mol. The normalized spacial score (nSPS) is 26.1. The first-order valence-electron chi connectivity index (χ1n) is 15.1. The Balaban J connectivity index is 1.15. The highest BCUT2D eigenvalue weighted by Gasteiger charge is 2.40. The summed E-state index contributed by atoms with van der Waals surface area (Å²) in [5.74, 6) is 1.42. The van der Waals surface area contributed by atoms with E-state index < -0.39 is 11.9 Å². The Labute approximate surface area is 240 Å². The first-order chi connectivity index (χ1) is 19.8. The standard InChI is InChI=1S/C32H40N6O3/c1-3-32(15-21-6-4-7-22(14-21)16-32)35-18-23-10-11-24(33-17-23)19-34-25-8-5-9-26-29(25)31(41)38(20(2)36-26)27-12-13-28(39)37-30(27)40/h5,8-11,17,21-22,27,34-35H,3-4,6-7,12-16,18-19H2,1-2H3,(H,37,39,40). The van der Waals surface area contributed by atoms with Crippen LogP contribution in [0.25, 0.3) is 10.9 Å². The zero-order valence-electron chi connectivity index (χ0n) is 24.0. The fourth-order valence-electron chi connectivity index (χ4n) is 7.46. The highest BCUT2D eigenvalue weighted by atomic mass is 16.2. The molecule has 3 unspecified atom stereocenters. The predicted octanol–water partition coefficient (Wildman–Crippen LogP) is 4.53. The second-order valence-corrected chi connectivity index (χ2v) is 12.3. The van der Waals surface area contributed by atoms with Crippen molar-refractivity contribution in [2.75, 3.05) is 5.32 Å². The third-order valence-corrected chi connectivity index (χ3v) is 9.57. The van der Waals surface area contributed by atoms with Crippen molar-refractivity contribution in [2.45, 2.75) is 96.3 Å². The Morgan fingerprint density at radius 1 is 1.05 bits per heavy atom. The third kappa shape index (κ3) is 5.64. The maximum absolute atomic E-state index is 13.7. The molecule has 2 amide bonds. The van der Waals surface area contributed by atoms with Crippen molar-refractivity contribution in [3.8, 4) is 0 Å². The molecule has 3 heterocycles. The highest BCUT2D eigenvalue weighted by molar-refractivity contribution is 5.99. The summed E-state index contributed by atoms with van der Waals surface area (Å²) in [5.41, 5.74) is 3.20. The molecule has 1 aromatic carbocycles. The fraction of sp³-hybridized carbons (Fsp3) is 0.531. The average molecular weight is 557 g/mol. The molecule has 9 nitrogen and oxygen atoms in total. The molecule has 1 aliphatic heterocycles. The molecular formula is C32H40N6O3. The molecule has 216 valence electrons. The number of fused-ring (bicyclic) bond motifs is 3. The van der Waals surface area contributed by atoms with Crippen LogP contribution >= 0.6 is 0 Å². The zero-order valence-corrected chi connectivity index (χ0v) is 24.0. The third-order valence-electron chi connectivity index (χ3n) is 9.57. The van der Waals surface area contributed by atoms with Crippen molar-refractivity contribution in [2.24, 2.45) is 11.8 Å². The van der Waals surface area contributed by atoms with Gasteiger partial charge in [0, 0.05) is 30.4 Å². The van der Waals surface area contributed by atoms with E-state index in [4.69, 9.17) is 4.98 Å². The van der Waals surface area contributed by atoms with Crippen molar-refractivity contribution in [3.63, 3.8) is 0 Å². The van der Waals surface area contributed by atoms with Gasteiger partial charge in [-0.1, -0.05) is 38.3 Å². The molecule has 2 aliphatic carbocycles. The molecule has 6 rings (SSSR count). The van der Waals surface area contributed by atoms with E-state index in [9.17, 15) is 14.4 Å². The van der Waals surface area contributed by atoms with Crippen LogP contribution in [0.4, 0.5) is 5.69 Å². The molecular weight excluding hydrogens is 516 g/mol. The number of anilines is 1. The molecule has 3 N–H and O–H groups in total. The van der Waals surface area contributed by atoms with Crippen LogP contribution in [0.2, 0.25) is 0 Å². The molecule has 1 saturated heterocycles. The number of carbonyl (C=O) groups is 2. The largest absolute Gasteiger partial charge is 0.379 e. The number of nitrogens with zero attached hydrogens (tertiary/aromatic N) is 3. The van der Waals surface area contributed by atoms with Crippen LogP contribution in [0.1, 0.15) is 87.8 Å². The van der Waals surface area contributed by atoms with E-state index in [2.05, 4.69) is 33.9 Å². The van der Waals surface area contributed by atoms with E-state index in [1.807, 2.05) is 24.4 Å². The summed E-state index contributed by atoms with van der Waals surface area (Å²) in [5, 5.41) is 10.1. The number of pyridine rings is 1. The lowest BCUT2D eigenvalue weighted by atomic mass is 9.64. The Hall–Kier alpha value is -3.59. The van der Waals surface area contributed by atoms with Gasteiger partial charge in [-0.25, -0.2) is 4.98 Å². The van der Waals surface area contributed by atoms with Gasteiger partial charge in [0.15, 0.2) is 0 Å². The lowest BCUT2D eigenvalue weighted by molar-refractivity contribution is -0.135. The van der Waals surface area contributed by atoms with E-state index in [0.29, 0.717) is 29.0 Å². The highest BCUT2D eigenvalue weighted by Crippen LogP contribution is 2.45. The minimum absolute atomic E-state index is 0.192. The molecule has 3 aromatic rings. The summed E-state index contributed by atoms with van der Waals surface area (Å²) in [6.45, 7) is 5.31. The van der Waals surface area contributed by atoms with Gasteiger partial charge in [-0.2, -0.15) is 0 Å². The van der Waals surface area contributed by atoms with Gasteiger partial charge in [0.2, 0.25) is 11.8 Å². The topological polar surface area (TPSA) is 118 Å². The molecule has 0 spiro atoms. The molecule has 2 bridgehead atoms. The molecule has 3 aliphatic rings. The van der Waals surface area contributed by atoms with Crippen LogP contribution in [0.15, 0.2) is 41.3 Å². The molecule has 3 fully saturated rings. The first kappa shape index (κ1) is 27.6. The lowest BCUT2D eigenvalue weighted by Crippen LogP contribution is -2.51. The number of aryl methyl sites for hydroxylation is 1. The number of rotatable bonds is 8. The second-order valence-electron chi connectivity index (χ2n) is 12.3. The number of imide groups is 1. The van der Waals surface area contributed by atoms with Gasteiger partial charge in [-0.05, 0) is 74.6 Å². The van der Waals surface area contributed by atoms with Crippen molar-refractivity contribution < 1.29 is 9.59 Å². The Morgan fingerprint density at radius 3 is 2.56 bits per heavy atom. The zero-order chi connectivity index (χ0) is 28.6. The average Bonchev–Trinajstić information content (AvgIpc) is 2.96. The minimum atomic E-state index is -0.756. The Morgan fingerprint density at radius 2 is 1.85 bits per heavy atom. The van der Waals surface area contributed by atoms with Crippen LogP contribution in [0.5, 0.6) is 0 Å². The van der Waals surface area contributed by atoms with E-state index in [0.717, 1.165) is 24.1 Å². The van der Waals surface area contributed by atoms with Crippen LogP contribution < -0.4 is 21.5 Å². The van der Waals surface area contributed by atoms with Crippen molar-refractivity contribution in [1.82, 2.24) is 25.2 Å². The van der Waals surface area contributed by atoms with Crippen LogP contribution in [-0.4, -0.2) is 31.9 Å². The number of piperidine rings is 1. The molecule has 2 aromatic heterocycles. The van der Waals surface area contributed by atoms with Crippen molar-refractivity contribution >= 4 is 28.4 Å².